The summed E-state index contributed by atoms with van der Waals surface area (Å²) in [5, 5.41) is 6.15. The standard InChI is InChI=1S/C18H23N3OS/c1-14-7-8-17(23-14)16-6-4-3-5-15(16)9-21-11-18(12-21,19-2)10-20-13-22/h3-8,13,19H,9-12H2,1-2H3,(H,20,22). The number of rotatable bonds is 7. The van der Waals surface area contributed by atoms with Crippen molar-refractivity contribution in [2.45, 2.75) is 19.0 Å². The van der Waals surface area contributed by atoms with E-state index in [4.69, 9.17) is 0 Å². The summed E-state index contributed by atoms with van der Waals surface area (Å²) in [6, 6.07) is 13.0. The lowest BCUT2D eigenvalue weighted by Gasteiger charge is -2.50. The number of hydrogen-bond donors (Lipinski definition) is 2. The molecule has 0 spiro atoms. The van der Waals surface area contributed by atoms with Gasteiger partial charge in [-0.05, 0) is 37.2 Å². The van der Waals surface area contributed by atoms with Crippen LogP contribution in [0.5, 0.6) is 0 Å². The van der Waals surface area contributed by atoms with E-state index in [2.05, 4.69) is 58.9 Å². The van der Waals surface area contributed by atoms with E-state index in [1.807, 2.05) is 18.4 Å². The maximum absolute atomic E-state index is 10.5. The molecule has 0 atom stereocenters. The number of likely N-dealkylation sites (N-methyl/N-ethyl adjacent to an activating group) is 1. The van der Waals surface area contributed by atoms with E-state index in [-0.39, 0.29) is 5.54 Å². The zero-order valence-corrected chi connectivity index (χ0v) is 14.5. The van der Waals surface area contributed by atoms with Crippen LogP contribution < -0.4 is 10.6 Å². The Morgan fingerprint density at radius 3 is 2.70 bits per heavy atom. The summed E-state index contributed by atoms with van der Waals surface area (Å²) in [6.45, 7) is 5.66. The van der Waals surface area contributed by atoms with Gasteiger partial charge >= 0.3 is 0 Å². The molecule has 0 radical (unpaired) electrons. The molecule has 1 amide bonds. The van der Waals surface area contributed by atoms with Gasteiger partial charge in [0.25, 0.3) is 0 Å². The normalized spacial score (nSPS) is 16.8. The van der Waals surface area contributed by atoms with Crippen molar-refractivity contribution >= 4 is 17.7 Å². The molecule has 1 aliphatic rings. The molecule has 2 N–H and O–H groups in total. The van der Waals surface area contributed by atoms with Gasteiger partial charge in [0.15, 0.2) is 0 Å². The van der Waals surface area contributed by atoms with Crippen LogP contribution in [0.4, 0.5) is 0 Å². The van der Waals surface area contributed by atoms with Gasteiger partial charge in [-0.15, -0.1) is 11.3 Å². The molecule has 1 fully saturated rings. The van der Waals surface area contributed by atoms with Crippen molar-refractivity contribution in [2.24, 2.45) is 0 Å². The third-order valence-electron chi connectivity index (χ3n) is 4.52. The Hall–Kier alpha value is -1.69. The Labute approximate surface area is 141 Å². The number of aryl methyl sites for hydroxylation is 1. The molecule has 1 aromatic heterocycles. The average molecular weight is 329 g/mol. The van der Waals surface area contributed by atoms with Gasteiger partial charge in [0.05, 0.1) is 5.54 Å². The minimum absolute atomic E-state index is 0.00930. The smallest absolute Gasteiger partial charge is 0.207 e. The van der Waals surface area contributed by atoms with Gasteiger partial charge in [-0.1, -0.05) is 24.3 Å². The number of amides is 1. The molecule has 0 bridgehead atoms. The summed E-state index contributed by atoms with van der Waals surface area (Å²) in [7, 11) is 1.96. The van der Waals surface area contributed by atoms with Crippen LogP contribution in [0.15, 0.2) is 36.4 Å². The molecular weight excluding hydrogens is 306 g/mol. The molecule has 0 aliphatic carbocycles. The molecule has 4 nitrogen and oxygen atoms in total. The Morgan fingerprint density at radius 1 is 1.26 bits per heavy atom. The van der Waals surface area contributed by atoms with Crippen LogP contribution in [-0.4, -0.2) is 43.5 Å². The van der Waals surface area contributed by atoms with Crippen molar-refractivity contribution in [2.75, 3.05) is 26.7 Å². The van der Waals surface area contributed by atoms with Crippen molar-refractivity contribution < 1.29 is 4.79 Å². The molecule has 2 aromatic rings. The molecule has 3 rings (SSSR count). The summed E-state index contributed by atoms with van der Waals surface area (Å²) in [6.07, 6.45) is 0.774. The lowest BCUT2D eigenvalue weighted by Crippen LogP contribution is -2.71. The first-order valence-corrected chi connectivity index (χ1v) is 8.70. The fourth-order valence-corrected chi connectivity index (χ4v) is 4.16. The number of likely N-dealkylation sites (tertiary alicyclic amines) is 1. The molecule has 23 heavy (non-hydrogen) atoms. The second-order valence-electron chi connectivity index (χ2n) is 6.24. The summed E-state index contributed by atoms with van der Waals surface area (Å²) < 4.78 is 0. The van der Waals surface area contributed by atoms with Gasteiger partial charge in [0, 0.05) is 35.9 Å². The molecule has 122 valence electrons. The number of carbonyl (C=O) groups excluding carboxylic acids is 1. The van der Waals surface area contributed by atoms with E-state index in [0.29, 0.717) is 6.54 Å². The van der Waals surface area contributed by atoms with E-state index in [1.54, 1.807) is 0 Å². The molecule has 0 unspecified atom stereocenters. The molecule has 2 heterocycles. The van der Waals surface area contributed by atoms with Gasteiger partial charge in [-0.2, -0.15) is 0 Å². The van der Waals surface area contributed by atoms with Crippen molar-refractivity contribution in [3.63, 3.8) is 0 Å². The number of hydrogen-bond acceptors (Lipinski definition) is 4. The van der Waals surface area contributed by atoms with E-state index in [9.17, 15) is 4.79 Å². The molecule has 0 saturated carbocycles. The maximum Gasteiger partial charge on any atom is 0.207 e. The van der Waals surface area contributed by atoms with E-state index >= 15 is 0 Å². The monoisotopic (exact) mass is 329 g/mol. The summed E-state index contributed by atoms with van der Waals surface area (Å²) >= 11 is 1.84. The summed E-state index contributed by atoms with van der Waals surface area (Å²) in [5.74, 6) is 0. The van der Waals surface area contributed by atoms with Gasteiger partial charge in [0.2, 0.25) is 6.41 Å². The van der Waals surface area contributed by atoms with Crippen LogP contribution in [0, 0.1) is 6.92 Å². The van der Waals surface area contributed by atoms with Gasteiger partial charge in [0.1, 0.15) is 0 Å². The quantitative estimate of drug-likeness (QED) is 0.766. The minimum Gasteiger partial charge on any atom is -0.357 e. The highest BCUT2D eigenvalue weighted by Gasteiger charge is 2.41. The first-order chi connectivity index (χ1) is 11.2. The Morgan fingerprint density at radius 2 is 2.04 bits per heavy atom. The molecule has 1 saturated heterocycles. The first kappa shape index (κ1) is 16.2. The number of thiophene rings is 1. The van der Waals surface area contributed by atoms with Crippen LogP contribution in [0.3, 0.4) is 0 Å². The predicted octanol–water partition coefficient (Wildman–Crippen LogP) is 2.24. The number of benzene rings is 1. The van der Waals surface area contributed by atoms with Crippen LogP contribution in [0.25, 0.3) is 10.4 Å². The molecule has 5 heteroatoms. The Kier molecular flexibility index (Phi) is 4.80. The average Bonchev–Trinajstić information content (AvgIpc) is 2.96. The second kappa shape index (κ2) is 6.83. The molecule has 1 aliphatic heterocycles. The summed E-state index contributed by atoms with van der Waals surface area (Å²) in [5.41, 5.74) is 2.70. The third-order valence-corrected chi connectivity index (χ3v) is 5.56. The van der Waals surface area contributed by atoms with E-state index in [1.165, 1.54) is 20.9 Å². The Balaban J connectivity index is 1.69. The lowest BCUT2D eigenvalue weighted by atomic mass is 9.89. The number of nitrogens with zero attached hydrogens (tertiary/aromatic N) is 1. The van der Waals surface area contributed by atoms with Crippen molar-refractivity contribution in [3.8, 4) is 10.4 Å². The highest BCUT2D eigenvalue weighted by atomic mass is 32.1. The zero-order valence-electron chi connectivity index (χ0n) is 13.6. The van der Waals surface area contributed by atoms with Gasteiger partial charge < -0.3 is 10.6 Å². The highest BCUT2D eigenvalue weighted by Crippen LogP contribution is 2.32. The topological polar surface area (TPSA) is 44.4 Å². The van der Waals surface area contributed by atoms with Crippen LogP contribution in [0.2, 0.25) is 0 Å². The van der Waals surface area contributed by atoms with Crippen LogP contribution in [0.1, 0.15) is 10.4 Å². The van der Waals surface area contributed by atoms with E-state index < -0.39 is 0 Å². The van der Waals surface area contributed by atoms with Crippen LogP contribution in [-0.2, 0) is 11.3 Å². The third kappa shape index (κ3) is 3.47. The molecular formula is C18H23N3OS. The van der Waals surface area contributed by atoms with Crippen molar-refractivity contribution in [3.05, 3.63) is 46.8 Å². The van der Waals surface area contributed by atoms with E-state index in [0.717, 1.165) is 26.0 Å². The maximum atomic E-state index is 10.5. The van der Waals surface area contributed by atoms with Crippen molar-refractivity contribution in [1.82, 2.24) is 15.5 Å². The first-order valence-electron chi connectivity index (χ1n) is 7.89. The molecule has 1 aromatic carbocycles. The lowest BCUT2D eigenvalue weighted by molar-refractivity contribution is -0.110. The largest absolute Gasteiger partial charge is 0.357 e. The number of carbonyl (C=O) groups is 1. The fourth-order valence-electron chi connectivity index (χ4n) is 3.24. The predicted molar refractivity (Wildman–Crippen MR) is 95.6 cm³/mol. The summed E-state index contributed by atoms with van der Waals surface area (Å²) in [4.78, 5) is 15.6. The number of nitrogens with one attached hydrogen (secondary N) is 2. The minimum atomic E-state index is 0.00930. The second-order valence-corrected chi connectivity index (χ2v) is 7.53. The highest BCUT2D eigenvalue weighted by molar-refractivity contribution is 7.15. The Bertz CT molecular complexity index is 676. The van der Waals surface area contributed by atoms with Crippen molar-refractivity contribution in [1.29, 1.82) is 0 Å². The van der Waals surface area contributed by atoms with Gasteiger partial charge in [-0.3, -0.25) is 9.69 Å². The van der Waals surface area contributed by atoms with Gasteiger partial charge in [-0.25, -0.2) is 0 Å². The van der Waals surface area contributed by atoms with Crippen LogP contribution >= 0.6 is 11.3 Å². The fraction of sp³-hybridized carbons (Fsp3) is 0.389. The zero-order chi connectivity index (χ0) is 16.3. The SMILES string of the molecule is CNC1(CNC=O)CN(Cc2ccccc2-c2ccc(C)s2)C1.